The molecule has 1 saturated heterocycles. The van der Waals surface area contributed by atoms with Gasteiger partial charge in [0.1, 0.15) is 6.33 Å². The monoisotopic (exact) mass is 330 g/mol. The average Bonchev–Trinajstić information content (AvgIpc) is 3.31. The van der Waals surface area contributed by atoms with E-state index >= 15 is 0 Å². The van der Waals surface area contributed by atoms with Gasteiger partial charge in [-0.15, -0.1) is 5.10 Å². The first-order valence-corrected chi connectivity index (χ1v) is 7.76. The normalized spacial score (nSPS) is 16.8. The van der Waals surface area contributed by atoms with Crippen molar-refractivity contribution >= 4 is 11.8 Å². The maximum atomic E-state index is 12.0. The number of aromatic nitrogens is 4. The second kappa shape index (κ2) is 7.64. The van der Waals surface area contributed by atoms with Gasteiger partial charge in [-0.1, -0.05) is 0 Å². The molecular weight excluding hydrogens is 312 g/mol. The van der Waals surface area contributed by atoms with Gasteiger partial charge in [0.05, 0.1) is 11.8 Å². The van der Waals surface area contributed by atoms with Crippen LogP contribution in [0.4, 0.5) is 0 Å². The molecule has 2 N–H and O–H groups in total. The lowest BCUT2D eigenvalue weighted by atomic mass is 10.1. The molecule has 1 atom stereocenters. The van der Waals surface area contributed by atoms with Crippen molar-refractivity contribution in [3.63, 3.8) is 0 Å². The lowest BCUT2D eigenvalue weighted by Gasteiger charge is -2.10. The highest BCUT2D eigenvalue weighted by Gasteiger charge is 2.17. The first-order valence-electron chi connectivity index (χ1n) is 7.76. The van der Waals surface area contributed by atoms with Crippen molar-refractivity contribution < 1.29 is 14.3 Å². The minimum atomic E-state index is -0.385. The first-order chi connectivity index (χ1) is 11.7. The fraction of sp³-hybridized carbons (Fsp3) is 0.400. The number of rotatable bonds is 5. The Morgan fingerprint density at radius 3 is 2.75 bits per heavy atom. The van der Waals surface area contributed by atoms with Gasteiger partial charge in [-0.05, 0) is 54.0 Å². The molecule has 0 aliphatic carbocycles. The number of carbonyl (C=O) groups excluding carboxylic acids is 2. The predicted octanol–water partition coefficient (Wildman–Crippen LogP) is 0.382. The third-order valence-electron chi connectivity index (χ3n) is 3.78. The maximum Gasteiger partial charge on any atom is 0.269 e. The maximum absolute atomic E-state index is 12.0. The van der Waals surface area contributed by atoms with E-state index in [1.165, 1.54) is 11.0 Å². The van der Waals surface area contributed by atoms with Gasteiger partial charge < -0.3 is 4.74 Å². The van der Waals surface area contributed by atoms with Gasteiger partial charge in [0.15, 0.2) is 0 Å². The smallest absolute Gasteiger partial charge is 0.269 e. The van der Waals surface area contributed by atoms with Crippen molar-refractivity contribution in [1.29, 1.82) is 0 Å². The molecule has 9 nitrogen and oxygen atoms in total. The first kappa shape index (κ1) is 16.1. The number of nitrogens with one attached hydrogen (secondary N) is 2. The van der Waals surface area contributed by atoms with Gasteiger partial charge in [0, 0.05) is 18.6 Å². The highest BCUT2D eigenvalue weighted by Crippen LogP contribution is 2.16. The van der Waals surface area contributed by atoms with Crippen LogP contribution in [0.25, 0.3) is 5.69 Å². The van der Waals surface area contributed by atoms with E-state index in [-0.39, 0.29) is 17.9 Å². The molecule has 0 spiro atoms. The van der Waals surface area contributed by atoms with Crippen LogP contribution in [-0.2, 0) is 9.53 Å². The summed E-state index contributed by atoms with van der Waals surface area (Å²) in [7, 11) is 0. The number of tetrazole rings is 1. The number of hydrogen-bond acceptors (Lipinski definition) is 6. The number of amides is 2. The zero-order valence-electron chi connectivity index (χ0n) is 13.0. The van der Waals surface area contributed by atoms with Crippen molar-refractivity contribution in [2.24, 2.45) is 0 Å². The third kappa shape index (κ3) is 4.13. The summed E-state index contributed by atoms with van der Waals surface area (Å²) >= 11 is 0. The molecule has 1 aliphatic rings. The van der Waals surface area contributed by atoms with Crippen LogP contribution in [0.15, 0.2) is 30.6 Å². The Morgan fingerprint density at radius 1 is 1.25 bits per heavy atom. The van der Waals surface area contributed by atoms with Crippen LogP contribution >= 0.6 is 0 Å². The molecule has 9 heteroatoms. The van der Waals surface area contributed by atoms with E-state index < -0.39 is 0 Å². The van der Waals surface area contributed by atoms with Gasteiger partial charge in [-0.3, -0.25) is 20.4 Å². The second-order valence-electron chi connectivity index (χ2n) is 5.48. The van der Waals surface area contributed by atoms with E-state index in [9.17, 15) is 9.59 Å². The number of carbonyl (C=O) groups is 2. The Labute approximate surface area is 138 Å². The van der Waals surface area contributed by atoms with Crippen LogP contribution < -0.4 is 10.9 Å². The van der Waals surface area contributed by atoms with Crippen molar-refractivity contribution in [2.75, 3.05) is 6.61 Å². The number of hydrogen-bond donors (Lipinski definition) is 2. The molecule has 1 aromatic heterocycles. The SMILES string of the molecule is O=C(CC[C@@H]1CCCO1)NNC(=O)c1ccc(-n2cnnn2)cc1. The number of ether oxygens (including phenoxy) is 1. The molecule has 1 aliphatic heterocycles. The van der Waals surface area contributed by atoms with E-state index in [1.54, 1.807) is 24.3 Å². The highest BCUT2D eigenvalue weighted by molar-refractivity contribution is 5.95. The minimum absolute atomic E-state index is 0.158. The predicted molar refractivity (Wildman–Crippen MR) is 83.0 cm³/mol. The molecular formula is C15H18N6O3. The number of nitrogens with zero attached hydrogens (tertiary/aromatic N) is 4. The summed E-state index contributed by atoms with van der Waals surface area (Å²) in [5.41, 5.74) is 5.97. The summed E-state index contributed by atoms with van der Waals surface area (Å²) in [4.78, 5) is 23.7. The topological polar surface area (TPSA) is 111 Å². The molecule has 0 saturated carbocycles. The van der Waals surface area contributed by atoms with Crippen LogP contribution in [0.3, 0.4) is 0 Å². The van der Waals surface area contributed by atoms with Crippen molar-refractivity contribution in [2.45, 2.75) is 31.8 Å². The molecule has 0 radical (unpaired) electrons. The lowest BCUT2D eigenvalue weighted by molar-refractivity contribution is -0.122. The molecule has 2 amide bonds. The van der Waals surface area contributed by atoms with E-state index in [1.807, 2.05) is 0 Å². The van der Waals surface area contributed by atoms with Crippen molar-refractivity contribution in [1.82, 2.24) is 31.1 Å². The Kier molecular flexibility index (Phi) is 5.12. The summed E-state index contributed by atoms with van der Waals surface area (Å²) in [6.45, 7) is 0.768. The fourth-order valence-corrected chi connectivity index (χ4v) is 2.47. The molecule has 1 aromatic carbocycles. The Balaban J connectivity index is 1.45. The second-order valence-corrected chi connectivity index (χ2v) is 5.48. The van der Waals surface area contributed by atoms with Gasteiger partial charge in [0.25, 0.3) is 5.91 Å². The standard InChI is InChI=1S/C15H18N6O3/c22-14(8-7-13-2-1-9-24-13)17-18-15(23)11-3-5-12(6-4-11)21-10-16-19-20-21/h3-6,10,13H,1-2,7-9H2,(H,17,22)(H,18,23)/t13-/m0/s1. The van der Waals surface area contributed by atoms with Crippen molar-refractivity contribution in [3.8, 4) is 5.69 Å². The zero-order chi connectivity index (χ0) is 16.8. The third-order valence-corrected chi connectivity index (χ3v) is 3.78. The van der Waals surface area contributed by atoms with Gasteiger partial charge >= 0.3 is 0 Å². The Hall–Kier alpha value is -2.81. The number of hydrazine groups is 1. The summed E-state index contributed by atoms with van der Waals surface area (Å²) in [6.07, 6.45) is 4.65. The summed E-state index contributed by atoms with van der Waals surface area (Å²) in [5, 5.41) is 10.9. The molecule has 0 unspecified atom stereocenters. The summed E-state index contributed by atoms with van der Waals surface area (Å²) < 4.78 is 6.94. The summed E-state index contributed by atoms with van der Waals surface area (Å²) in [5.74, 6) is -0.618. The van der Waals surface area contributed by atoms with E-state index in [0.29, 0.717) is 18.4 Å². The van der Waals surface area contributed by atoms with E-state index in [2.05, 4.69) is 26.4 Å². The van der Waals surface area contributed by atoms with Crippen LogP contribution in [-0.4, -0.2) is 44.7 Å². The van der Waals surface area contributed by atoms with Gasteiger partial charge in [0.2, 0.25) is 5.91 Å². The highest BCUT2D eigenvalue weighted by atomic mass is 16.5. The van der Waals surface area contributed by atoms with E-state index in [4.69, 9.17) is 4.74 Å². The minimum Gasteiger partial charge on any atom is -0.378 e. The van der Waals surface area contributed by atoms with Crippen LogP contribution in [0.2, 0.25) is 0 Å². The van der Waals surface area contributed by atoms with E-state index in [0.717, 1.165) is 25.1 Å². The van der Waals surface area contributed by atoms with Crippen LogP contribution in [0, 0.1) is 0 Å². The average molecular weight is 330 g/mol. The Morgan fingerprint density at radius 2 is 2.08 bits per heavy atom. The molecule has 126 valence electrons. The van der Waals surface area contributed by atoms with Crippen LogP contribution in [0.5, 0.6) is 0 Å². The van der Waals surface area contributed by atoms with Gasteiger partial charge in [-0.25, -0.2) is 4.68 Å². The summed E-state index contributed by atoms with van der Waals surface area (Å²) in [6, 6.07) is 6.69. The lowest BCUT2D eigenvalue weighted by Crippen LogP contribution is -2.41. The molecule has 2 heterocycles. The van der Waals surface area contributed by atoms with Crippen molar-refractivity contribution in [3.05, 3.63) is 36.2 Å². The molecule has 0 bridgehead atoms. The zero-order valence-corrected chi connectivity index (χ0v) is 13.0. The molecule has 3 rings (SSSR count). The molecule has 1 fully saturated rings. The Bertz CT molecular complexity index is 680. The fourth-order valence-electron chi connectivity index (χ4n) is 2.47. The molecule has 2 aromatic rings. The van der Waals surface area contributed by atoms with Gasteiger partial charge in [-0.2, -0.15) is 0 Å². The number of benzene rings is 1. The quantitative estimate of drug-likeness (QED) is 0.767. The largest absolute Gasteiger partial charge is 0.378 e. The van der Waals surface area contributed by atoms with Crippen LogP contribution in [0.1, 0.15) is 36.0 Å². The molecule has 24 heavy (non-hydrogen) atoms.